The predicted octanol–water partition coefficient (Wildman–Crippen LogP) is 1.09. The summed E-state index contributed by atoms with van der Waals surface area (Å²) >= 11 is 0. The Labute approximate surface area is 50.9 Å². The molecular formula is C4H8F3NO. The third-order valence-corrected chi connectivity index (χ3v) is 0.786. The molecule has 0 heterocycles. The Kier molecular flexibility index (Phi) is 2.93. The van der Waals surface area contributed by atoms with E-state index in [9.17, 15) is 13.2 Å². The zero-order chi connectivity index (χ0) is 7.49. The van der Waals surface area contributed by atoms with Gasteiger partial charge >= 0.3 is 6.18 Å². The van der Waals surface area contributed by atoms with Gasteiger partial charge in [0.25, 0.3) is 0 Å². The fourth-order valence-corrected chi connectivity index (χ4v) is 0.244. The van der Waals surface area contributed by atoms with Crippen molar-refractivity contribution >= 4 is 0 Å². The lowest BCUT2D eigenvalue weighted by molar-refractivity contribution is -0.175. The molecule has 0 saturated heterocycles. The van der Waals surface area contributed by atoms with Gasteiger partial charge in [-0.15, -0.1) is 0 Å². The molecule has 2 nitrogen and oxygen atoms in total. The highest BCUT2D eigenvalue weighted by molar-refractivity contribution is 4.63. The molecule has 0 aliphatic heterocycles. The van der Waals surface area contributed by atoms with E-state index in [2.05, 4.69) is 4.84 Å². The second kappa shape index (κ2) is 3.03. The number of halogens is 3. The van der Waals surface area contributed by atoms with Crippen LogP contribution < -0.4 is 5.48 Å². The van der Waals surface area contributed by atoms with Crippen molar-refractivity contribution < 1.29 is 18.0 Å². The molecule has 0 aromatic rings. The summed E-state index contributed by atoms with van der Waals surface area (Å²) in [6.07, 6.45) is -4.23. The maximum Gasteiger partial charge on any atom is 0.405 e. The van der Waals surface area contributed by atoms with Gasteiger partial charge in [-0.1, -0.05) is 0 Å². The average Bonchev–Trinajstić information content (AvgIpc) is 1.64. The van der Waals surface area contributed by atoms with Gasteiger partial charge in [-0.2, -0.15) is 18.7 Å². The molecule has 0 aromatic heterocycles. The number of alkyl halides is 3. The molecule has 0 aliphatic rings. The van der Waals surface area contributed by atoms with Crippen LogP contribution in [0.1, 0.15) is 6.92 Å². The number of hydrogen-bond donors (Lipinski definition) is 1. The minimum Gasteiger partial charge on any atom is -0.305 e. The lowest BCUT2D eigenvalue weighted by Gasteiger charge is -2.14. The minimum absolute atomic E-state index is 0.976. The molecule has 1 N–H and O–H groups in total. The first-order valence-electron chi connectivity index (χ1n) is 2.33. The molecule has 0 saturated carbocycles. The maximum absolute atomic E-state index is 11.5. The molecule has 5 heteroatoms. The van der Waals surface area contributed by atoms with Crippen LogP contribution in [0.5, 0.6) is 0 Å². The first-order chi connectivity index (χ1) is 3.98. The van der Waals surface area contributed by atoms with E-state index in [1.165, 1.54) is 0 Å². The van der Waals surface area contributed by atoms with E-state index in [1.807, 2.05) is 0 Å². The van der Waals surface area contributed by atoms with Crippen molar-refractivity contribution in [3.05, 3.63) is 0 Å². The Morgan fingerprint density at radius 2 is 1.89 bits per heavy atom. The van der Waals surface area contributed by atoms with Crippen LogP contribution in [0.15, 0.2) is 0 Å². The SMILES string of the molecule is CONC(C)C(F)(F)F. The quantitative estimate of drug-likeness (QED) is 0.584. The Balaban J connectivity index is 3.59. The molecule has 9 heavy (non-hydrogen) atoms. The maximum atomic E-state index is 11.5. The van der Waals surface area contributed by atoms with Gasteiger partial charge in [0, 0.05) is 0 Å². The summed E-state index contributed by atoms with van der Waals surface area (Å²) in [7, 11) is 1.14. The Hall–Kier alpha value is -0.290. The standard InChI is InChI=1S/C4H8F3NO/c1-3(8-9-2)4(5,6)7/h3,8H,1-2H3. The van der Waals surface area contributed by atoms with Crippen LogP contribution in [0.25, 0.3) is 0 Å². The number of nitrogens with one attached hydrogen (secondary N) is 1. The lowest BCUT2D eigenvalue weighted by Crippen LogP contribution is -2.38. The van der Waals surface area contributed by atoms with E-state index in [-0.39, 0.29) is 0 Å². The summed E-state index contributed by atoms with van der Waals surface area (Å²) in [6.45, 7) is 0.976. The molecule has 0 rings (SSSR count). The van der Waals surface area contributed by atoms with Crippen molar-refractivity contribution in [3.63, 3.8) is 0 Å². The number of rotatable bonds is 2. The second-order valence-corrected chi connectivity index (χ2v) is 1.59. The average molecular weight is 143 g/mol. The Morgan fingerprint density at radius 3 is 2.00 bits per heavy atom. The molecule has 1 unspecified atom stereocenters. The van der Waals surface area contributed by atoms with E-state index in [0.29, 0.717) is 0 Å². The fraction of sp³-hybridized carbons (Fsp3) is 1.00. The highest BCUT2D eigenvalue weighted by Gasteiger charge is 2.35. The molecule has 0 spiro atoms. The van der Waals surface area contributed by atoms with E-state index >= 15 is 0 Å². The van der Waals surface area contributed by atoms with Crippen molar-refractivity contribution in [2.24, 2.45) is 0 Å². The molecule has 0 amide bonds. The molecule has 0 aliphatic carbocycles. The summed E-state index contributed by atoms with van der Waals surface area (Å²) in [4.78, 5) is 4.06. The van der Waals surface area contributed by atoms with Gasteiger partial charge in [0.15, 0.2) is 0 Å². The molecule has 0 bridgehead atoms. The van der Waals surface area contributed by atoms with Gasteiger partial charge in [0.1, 0.15) is 6.04 Å². The normalized spacial score (nSPS) is 15.7. The Bertz CT molecular complexity index is 82.4. The third kappa shape index (κ3) is 3.31. The molecule has 56 valence electrons. The fourth-order valence-electron chi connectivity index (χ4n) is 0.244. The molecular weight excluding hydrogens is 135 g/mol. The highest BCUT2D eigenvalue weighted by Crippen LogP contribution is 2.18. The van der Waals surface area contributed by atoms with Gasteiger partial charge in [0.05, 0.1) is 7.11 Å². The van der Waals surface area contributed by atoms with E-state index in [4.69, 9.17) is 0 Å². The molecule has 0 radical (unpaired) electrons. The zero-order valence-electron chi connectivity index (χ0n) is 5.12. The predicted molar refractivity (Wildman–Crippen MR) is 25.7 cm³/mol. The first-order valence-corrected chi connectivity index (χ1v) is 2.33. The Morgan fingerprint density at radius 1 is 1.44 bits per heavy atom. The highest BCUT2D eigenvalue weighted by atomic mass is 19.4. The van der Waals surface area contributed by atoms with E-state index in [1.54, 1.807) is 5.48 Å². The summed E-state index contributed by atoms with van der Waals surface area (Å²) in [5.74, 6) is 0. The van der Waals surface area contributed by atoms with Crippen LogP contribution >= 0.6 is 0 Å². The van der Waals surface area contributed by atoms with Crippen molar-refractivity contribution in [1.82, 2.24) is 5.48 Å². The minimum atomic E-state index is -4.23. The van der Waals surface area contributed by atoms with Crippen LogP contribution in [0, 0.1) is 0 Å². The van der Waals surface area contributed by atoms with Crippen molar-refractivity contribution in [1.29, 1.82) is 0 Å². The van der Waals surface area contributed by atoms with Crippen LogP contribution in [-0.4, -0.2) is 19.3 Å². The van der Waals surface area contributed by atoms with Crippen LogP contribution in [-0.2, 0) is 4.84 Å². The van der Waals surface area contributed by atoms with Crippen LogP contribution in [0.3, 0.4) is 0 Å². The number of hydroxylamine groups is 1. The van der Waals surface area contributed by atoms with Crippen LogP contribution in [0.4, 0.5) is 13.2 Å². The van der Waals surface area contributed by atoms with Gasteiger partial charge in [-0.05, 0) is 6.92 Å². The summed E-state index contributed by atoms with van der Waals surface area (Å²) in [5.41, 5.74) is 1.76. The molecule has 0 fully saturated rings. The zero-order valence-corrected chi connectivity index (χ0v) is 5.12. The second-order valence-electron chi connectivity index (χ2n) is 1.59. The first kappa shape index (κ1) is 8.71. The monoisotopic (exact) mass is 143 g/mol. The van der Waals surface area contributed by atoms with Gasteiger partial charge in [0.2, 0.25) is 0 Å². The molecule has 0 aromatic carbocycles. The third-order valence-electron chi connectivity index (χ3n) is 0.786. The summed E-state index contributed by atoms with van der Waals surface area (Å²) < 4.78 is 34.5. The molecule has 1 atom stereocenters. The van der Waals surface area contributed by atoms with Gasteiger partial charge in [-0.25, -0.2) is 0 Å². The largest absolute Gasteiger partial charge is 0.405 e. The summed E-state index contributed by atoms with van der Waals surface area (Å²) in [6, 6.07) is -1.61. The number of hydrogen-bond acceptors (Lipinski definition) is 2. The van der Waals surface area contributed by atoms with Crippen molar-refractivity contribution in [2.75, 3.05) is 7.11 Å². The van der Waals surface area contributed by atoms with E-state index in [0.717, 1.165) is 14.0 Å². The van der Waals surface area contributed by atoms with Gasteiger partial charge < -0.3 is 4.84 Å². The van der Waals surface area contributed by atoms with Crippen molar-refractivity contribution in [3.8, 4) is 0 Å². The van der Waals surface area contributed by atoms with Crippen LogP contribution in [0.2, 0.25) is 0 Å². The summed E-state index contributed by atoms with van der Waals surface area (Å²) in [5, 5.41) is 0. The van der Waals surface area contributed by atoms with E-state index < -0.39 is 12.2 Å². The van der Waals surface area contributed by atoms with Crippen molar-refractivity contribution in [2.45, 2.75) is 19.1 Å². The van der Waals surface area contributed by atoms with Gasteiger partial charge in [-0.3, -0.25) is 0 Å². The smallest absolute Gasteiger partial charge is 0.305 e. The topological polar surface area (TPSA) is 21.3 Å². The lowest BCUT2D eigenvalue weighted by atomic mass is 10.4.